The molecule has 1 aromatic heterocycles. The summed E-state index contributed by atoms with van der Waals surface area (Å²) in [6, 6.07) is 11.9. The summed E-state index contributed by atoms with van der Waals surface area (Å²) in [4.78, 5) is 29.8. The Morgan fingerprint density at radius 2 is 2.04 bits per heavy atom. The molecule has 0 bridgehead atoms. The third kappa shape index (κ3) is 5.04. The number of nitrogens with one attached hydrogen (secondary N) is 1. The van der Waals surface area contributed by atoms with Crippen molar-refractivity contribution in [3.05, 3.63) is 58.0 Å². The fourth-order valence-electron chi connectivity index (χ4n) is 3.34. The topological polar surface area (TPSA) is 64.0 Å². The van der Waals surface area contributed by atoms with Crippen LogP contribution < -0.4 is 10.9 Å². The Balaban J connectivity index is 1.58. The Morgan fingerprint density at radius 1 is 1.32 bits per heavy atom. The number of carbonyl (C=O) groups is 1. The molecule has 0 saturated carbocycles. The number of rotatable bonds is 6. The van der Waals surface area contributed by atoms with Gasteiger partial charge in [0.05, 0.1) is 11.7 Å². The van der Waals surface area contributed by atoms with Gasteiger partial charge in [0.15, 0.2) is 5.16 Å². The van der Waals surface area contributed by atoms with Crippen LogP contribution >= 0.6 is 11.8 Å². The smallest absolute Gasteiger partial charge is 0.254 e. The van der Waals surface area contributed by atoms with E-state index < -0.39 is 0 Å². The molecule has 2 unspecified atom stereocenters. The Kier molecular flexibility index (Phi) is 6.28. The molecule has 5 nitrogen and oxygen atoms in total. The van der Waals surface area contributed by atoms with Crippen LogP contribution in [0, 0.1) is 0 Å². The van der Waals surface area contributed by atoms with Gasteiger partial charge in [-0.05, 0) is 25.3 Å². The molecule has 0 saturated heterocycles. The molecule has 150 valence electrons. The third-order valence-corrected chi connectivity index (χ3v) is 6.09. The maximum atomic E-state index is 12.6. The van der Waals surface area contributed by atoms with Crippen molar-refractivity contribution in [3.63, 3.8) is 0 Å². The second-order valence-electron chi connectivity index (χ2n) is 8.54. The number of aryl methyl sites for hydroxylation is 1. The number of thioether (sulfide) groups is 1. The minimum atomic E-state index is -0.168. The van der Waals surface area contributed by atoms with Crippen LogP contribution in [0.5, 0.6) is 0 Å². The molecule has 2 aromatic rings. The lowest BCUT2D eigenvalue weighted by atomic mass is 9.92. The summed E-state index contributed by atoms with van der Waals surface area (Å²) in [7, 11) is 0. The average Bonchev–Trinajstić information content (AvgIpc) is 3.03. The zero-order valence-electron chi connectivity index (χ0n) is 17.1. The van der Waals surface area contributed by atoms with E-state index in [9.17, 15) is 9.59 Å². The summed E-state index contributed by atoms with van der Waals surface area (Å²) in [6.45, 7) is 8.18. The Hall–Kier alpha value is -2.08. The molecular formula is C22H29N3O2S. The lowest BCUT2D eigenvalue weighted by Crippen LogP contribution is -2.36. The number of aromatic nitrogens is 2. The van der Waals surface area contributed by atoms with Gasteiger partial charge in [-0.3, -0.25) is 14.2 Å². The first-order valence-electron chi connectivity index (χ1n) is 9.84. The molecule has 1 N–H and O–H groups in total. The molecule has 6 heteroatoms. The Labute approximate surface area is 171 Å². The highest BCUT2D eigenvalue weighted by Crippen LogP contribution is 2.33. The monoisotopic (exact) mass is 399 g/mol. The van der Waals surface area contributed by atoms with Crippen LogP contribution in [0.3, 0.4) is 0 Å². The zero-order chi connectivity index (χ0) is 20.3. The van der Waals surface area contributed by atoms with Crippen LogP contribution in [0.2, 0.25) is 0 Å². The number of amides is 1. The summed E-state index contributed by atoms with van der Waals surface area (Å²) < 4.78 is 1.69. The highest BCUT2D eigenvalue weighted by molar-refractivity contribution is 7.99. The Bertz CT molecular complexity index is 887. The summed E-state index contributed by atoms with van der Waals surface area (Å²) >= 11 is 1.56. The van der Waals surface area contributed by atoms with Crippen LogP contribution in [0.25, 0.3) is 0 Å². The highest BCUT2D eigenvalue weighted by atomic mass is 32.2. The minimum Gasteiger partial charge on any atom is -0.354 e. The normalized spacial score (nSPS) is 17.2. The first-order chi connectivity index (χ1) is 13.2. The van der Waals surface area contributed by atoms with Crippen molar-refractivity contribution in [1.82, 2.24) is 14.9 Å². The van der Waals surface area contributed by atoms with Gasteiger partial charge in [-0.25, -0.2) is 4.98 Å². The van der Waals surface area contributed by atoms with E-state index in [1.807, 2.05) is 45.9 Å². The molecule has 0 radical (unpaired) electrons. The maximum absolute atomic E-state index is 12.6. The third-order valence-electron chi connectivity index (χ3n) is 5.00. The summed E-state index contributed by atoms with van der Waals surface area (Å²) in [5, 5.41) is 3.81. The fraction of sp³-hybridized carbons (Fsp3) is 0.500. The first kappa shape index (κ1) is 20.6. The first-order valence-corrected chi connectivity index (χ1v) is 10.8. The van der Waals surface area contributed by atoms with Crippen molar-refractivity contribution >= 4 is 17.7 Å². The fourth-order valence-corrected chi connectivity index (χ4v) is 4.48. The standard InChI is InChI=1S/C22H29N3O2S/c1-15(10-11-16-8-6-5-7-9-16)23-19(26)12-17-14-28-21-24-18(22(2,3)4)13-20(27)25(17)21/h5-9,13,15,17H,10-12,14H2,1-4H3,(H,23,26). The average molecular weight is 400 g/mol. The predicted molar refractivity (Wildman–Crippen MR) is 114 cm³/mol. The van der Waals surface area contributed by atoms with Gasteiger partial charge in [-0.2, -0.15) is 0 Å². The highest BCUT2D eigenvalue weighted by Gasteiger charge is 2.29. The number of hydrogen-bond donors (Lipinski definition) is 1. The molecule has 28 heavy (non-hydrogen) atoms. The van der Waals surface area contributed by atoms with Gasteiger partial charge in [0.2, 0.25) is 5.91 Å². The second-order valence-corrected chi connectivity index (χ2v) is 9.53. The van der Waals surface area contributed by atoms with Crippen molar-refractivity contribution in [2.24, 2.45) is 0 Å². The van der Waals surface area contributed by atoms with Crippen LogP contribution in [-0.4, -0.2) is 27.3 Å². The molecule has 3 rings (SSSR count). The van der Waals surface area contributed by atoms with Crippen molar-refractivity contribution in [3.8, 4) is 0 Å². The quantitative estimate of drug-likeness (QED) is 0.752. The van der Waals surface area contributed by atoms with Gasteiger partial charge in [-0.15, -0.1) is 0 Å². The predicted octanol–water partition coefficient (Wildman–Crippen LogP) is 3.72. The van der Waals surface area contributed by atoms with Crippen LogP contribution in [0.15, 0.2) is 46.3 Å². The molecule has 1 aromatic carbocycles. The van der Waals surface area contributed by atoms with E-state index in [2.05, 4.69) is 22.4 Å². The SMILES string of the molecule is CC(CCc1ccccc1)NC(=O)CC1CSc2nc(C(C)(C)C)cc(=O)n21. The van der Waals surface area contributed by atoms with Gasteiger partial charge in [-0.1, -0.05) is 62.9 Å². The lowest BCUT2D eigenvalue weighted by molar-refractivity contribution is -0.122. The van der Waals surface area contributed by atoms with Crippen molar-refractivity contribution in [2.75, 3.05) is 5.75 Å². The number of nitrogens with zero attached hydrogens (tertiary/aromatic N) is 2. The number of hydrogen-bond acceptors (Lipinski definition) is 4. The minimum absolute atomic E-state index is 0.00851. The molecule has 2 heterocycles. The summed E-state index contributed by atoms with van der Waals surface area (Å²) in [5.41, 5.74) is 1.85. The van der Waals surface area contributed by atoms with Gasteiger partial charge in [0, 0.05) is 29.7 Å². The Morgan fingerprint density at radius 3 is 2.71 bits per heavy atom. The van der Waals surface area contributed by atoms with Crippen LogP contribution in [0.1, 0.15) is 57.8 Å². The van der Waals surface area contributed by atoms with E-state index in [0.717, 1.165) is 23.7 Å². The van der Waals surface area contributed by atoms with Crippen molar-refractivity contribution in [2.45, 2.75) is 69.6 Å². The number of carbonyl (C=O) groups excluding carboxylic acids is 1. The van der Waals surface area contributed by atoms with Crippen molar-refractivity contribution in [1.29, 1.82) is 0 Å². The number of fused-ring (bicyclic) bond motifs is 1. The summed E-state index contributed by atoms with van der Waals surface area (Å²) in [6.07, 6.45) is 2.14. The van der Waals surface area contributed by atoms with E-state index in [1.54, 1.807) is 22.4 Å². The van der Waals surface area contributed by atoms with Gasteiger partial charge < -0.3 is 5.32 Å². The van der Waals surface area contributed by atoms with Gasteiger partial charge >= 0.3 is 0 Å². The maximum Gasteiger partial charge on any atom is 0.254 e. The lowest BCUT2D eigenvalue weighted by Gasteiger charge is -2.20. The largest absolute Gasteiger partial charge is 0.354 e. The summed E-state index contributed by atoms with van der Waals surface area (Å²) in [5.74, 6) is 0.701. The molecular weight excluding hydrogens is 370 g/mol. The van der Waals surface area contributed by atoms with E-state index in [0.29, 0.717) is 12.2 Å². The van der Waals surface area contributed by atoms with Gasteiger partial charge in [0.25, 0.3) is 5.56 Å². The van der Waals surface area contributed by atoms with E-state index >= 15 is 0 Å². The van der Waals surface area contributed by atoms with Crippen molar-refractivity contribution < 1.29 is 4.79 Å². The number of benzene rings is 1. The van der Waals surface area contributed by atoms with Crippen LogP contribution in [0.4, 0.5) is 0 Å². The molecule has 1 amide bonds. The van der Waals surface area contributed by atoms with E-state index in [-0.39, 0.29) is 29.0 Å². The molecule has 1 aliphatic rings. The molecule has 0 fully saturated rings. The molecule has 0 spiro atoms. The molecule has 0 aliphatic carbocycles. The van der Waals surface area contributed by atoms with E-state index in [1.165, 1.54) is 5.56 Å². The molecule has 2 atom stereocenters. The zero-order valence-corrected chi connectivity index (χ0v) is 17.9. The molecule has 1 aliphatic heterocycles. The van der Waals surface area contributed by atoms with Crippen LogP contribution in [-0.2, 0) is 16.6 Å². The second kappa shape index (κ2) is 8.52. The van der Waals surface area contributed by atoms with E-state index in [4.69, 9.17) is 0 Å². The van der Waals surface area contributed by atoms with Gasteiger partial charge in [0.1, 0.15) is 0 Å².